The lowest BCUT2D eigenvalue weighted by Crippen LogP contribution is -2.36. The Labute approximate surface area is 159 Å². The summed E-state index contributed by atoms with van der Waals surface area (Å²) < 4.78 is 5.28. The lowest BCUT2D eigenvalue weighted by molar-refractivity contribution is -0.384. The van der Waals surface area contributed by atoms with Crippen LogP contribution in [-0.2, 0) is 20.9 Å². The number of nitro benzene ring substituents is 1. The predicted octanol–water partition coefficient (Wildman–Crippen LogP) is 2.82. The molecule has 0 aliphatic carbocycles. The zero-order valence-corrected chi connectivity index (χ0v) is 15.5. The van der Waals surface area contributed by atoms with Crippen molar-refractivity contribution >= 4 is 34.6 Å². The van der Waals surface area contributed by atoms with E-state index < -0.39 is 17.0 Å². The first-order chi connectivity index (χ1) is 12.8. The highest BCUT2D eigenvalue weighted by atomic mass is 32.2. The summed E-state index contributed by atoms with van der Waals surface area (Å²) in [7, 11) is 0. The van der Waals surface area contributed by atoms with Crippen molar-refractivity contribution in [3.05, 3.63) is 39.9 Å². The first-order valence-corrected chi connectivity index (χ1v) is 9.20. The minimum Gasteiger partial charge on any atom is -0.481 e. The zero-order chi connectivity index (χ0) is 20.0. The fourth-order valence-electron chi connectivity index (χ4n) is 2.92. The summed E-state index contributed by atoms with van der Waals surface area (Å²) in [5.74, 6) is -0.947. The first-order valence-electron chi connectivity index (χ1n) is 8.32. The number of non-ortho nitro benzene ring substituents is 1. The topological polar surface area (TPSA) is 127 Å². The second kappa shape index (κ2) is 9.36. The second-order valence-electron chi connectivity index (χ2n) is 6.18. The second-order valence-corrected chi connectivity index (χ2v) is 7.66. The molecule has 0 bridgehead atoms. The molecule has 0 aromatic heterocycles. The molecule has 2 rings (SSSR count). The summed E-state index contributed by atoms with van der Waals surface area (Å²) in [6, 6.07) is 5.36. The Morgan fingerprint density at radius 1 is 1.33 bits per heavy atom. The van der Waals surface area contributed by atoms with Gasteiger partial charge in [-0.05, 0) is 30.5 Å². The van der Waals surface area contributed by atoms with Crippen molar-refractivity contribution in [2.45, 2.75) is 44.1 Å². The minimum absolute atomic E-state index is 0.0521. The van der Waals surface area contributed by atoms with Gasteiger partial charge in [0.1, 0.15) is 6.61 Å². The van der Waals surface area contributed by atoms with Crippen LogP contribution < -0.4 is 0 Å². The van der Waals surface area contributed by atoms with Crippen LogP contribution in [0.3, 0.4) is 0 Å². The van der Waals surface area contributed by atoms with Crippen molar-refractivity contribution in [1.82, 2.24) is 4.90 Å². The van der Waals surface area contributed by atoms with Crippen LogP contribution >= 0.6 is 11.8 Å². The average Bonchev–Trinajstić information content (AvgIpc) is 3.00. The number of likely N-dealkylation sites (tertiary alicyclic amines) is 1. The third kappa shape index (κ3) is 6.24. The third-order valence-electron chi connectivity index (χ3n) is 4.14. The van der Waals surface area contributed by atoms with Crippen molar-refractivity contribution in [3.8, 4) is 0 Å². The van der Waals surface area contributed by atoms with Crippen molar-refractivity contribution in [2.75, 3.05) is 6.54 Å². The van der Waals surface area contributed by atoms with Gasteiger partial charge >= 0.3 is 12.1 Å². The maximum atomic E-state index is 12.4. The number of aliphatic carboxylic acids is 1. The largest absolute Gasteiger partial charge is 0.481 e. The van der Waals surface area contributed by atoms with Gasteiger partial charge in [0.2, 0.25) is 0 Å². The van der Waals surface area contributed by atoms with E-state index in [9.17, 15) is 24.5 Å². The Morgan fingerprint density at radius 3 is 2.56 bits per heavy atom. The van der Waals surface area contributed by atoms with Crippen molar-refractivity contribution < 1.29 is 29.2 Å². The van der Waals surface area contributed by atoms with Gasteiger partial charge in [0.15, 0.2) is 5.12 Å². The molecule has 0 radical (unpaired) electrons. The van der Waals surface area contributed by atoms with E-state index in [0.29, 0.717) is 18.5 Å². The molecule has 1 aliphatic heterocycles. The number of carbonyl (C=O) groups is 3. The molecule has 1 N–H and O–H groups in total. The van der Waals surface area contributed by atoms with Crippen LogP contribution in [0.5, 0.6) is 0 Å². The molecule has 27 heavy (non-hydrogen) atoms. The Bertz CT molecular complexity index is 722. The maximum absolute atomic E-state index is 12.4. The van der Waals surface area contributed by atoms with Gasteiger partial charge in [-0.1, -0.05) is 11.8 Å². The molecule has 1 aromatic rings. The highest BCUT2D eigenvalue weighted by molar-refractivity contribution is 8.14. The van der Waals surface area contributed by atoms with Crippen molar-refractivity contribution in [2.24, 2.45) is 0 Å². The van der Waals surface area contributed by atoms with Gasteiger partial charge in [0.05, 0.1) is 4.92 Å². The fourth-order valence-corrected chi connectivity index (χ4v) is 3.95. The number of carboxylic acid groups (broad SMARTS) is 1. The Balaban J connectivity index is 1.96. The molecular formula is C17H20N2O7S. The normalized spacial score (nSPS) is 18.9. The van der Waals surface area contributed by atoms with Gasteiger partial charge in [-0.2, -0.15) is 0 Å². The van der Waals surface area contributed by atoms with Crippen LogP contribution in [0.25, 0.3) is 0 Å². The monoisotopic (exact) mass is 396 g/mol. The zero-order valence-electron chi connectivity index (χ0n) is 14.7. The highest BCUT2D eigenvalue weighted by Crippen LogP contribution is 2.31. The van der Waals surface area contributed by atoms with Crippen LogP contribution in [0.1, 0.15) is 31.7 Å². The molecule has 9 nitrogen and oxygen atoms in total. The molecule has 2 unspecified atom stereocenters. The first kappa shape index (κ1) is 20.7. The Hall–Kier alpha value is -2.62. The number of hydrogen-bond donors (Lipinski definition) is 1. The number of amides is 1. The summed E-state index contributed by atoms with van der Waals surface area (Å²) in [4.78, 5) is 46.2. The van der Waals surface area contributed by atoms with E-state index in [2.05, 4.69) is 0 Å². The number of nitro groups is 1. The van der Waals surface area contributed by atoms with Gasteiger partial charge < -0.3 is 14.7 Å². The van der Waals surface area contributed by atoms with E-state index >= 15 is 0 Å². The molecule has 1 fully saturated rings. The molecule has 1 amide bonds. The van der Waals surface area contributed by atoms with Crippen LogP contribution in [-0.4, -0.2) is 49.9 Å². The number of nitrogens with zero attached hydrogens (tertiary/aromatic N) is 2. The summed E-state index contributed by atoms with van der Waals surface area (Å²) in [6.07, 6.45) is 0.158. The van der Waals surface area contributed by atoms with Crippen LogP contribution in [0.4, 0.5) is 10.5 Å². The van der Waals surface area contributed by atoms with Gasteiger partial charge in [-0.3, -0.25) is 19.7 Å². The standard InChI is InChI=1S/C17H20N2O7S/c1-11(20)27-15-8-14(6-7-16(21)22)18(9-15)17(23)26-10-12-2-4-13(5-3-12)19(24)25/h2-5,14-15H,6-10H2,1H3,(H,21,22). The summed E-state index contributed by atoms with van der Waals surface area (Å²) in [6.45, 7) is 1.71. The van der Waals surface area contributed by atoms with Gasteiger partial charge in [0.25, 0.3) is 5.69 Å². The van der Waals surface area contributed by atoms with E-state index in [4.69, 9.17) is 9.84 Å². The molecule has 146 valence electrons. The SMILES string of the molecule is CC(=O)SC1CC(CCC(=O)O)N(C(=O)OCc2ccc([N+](=O)[O-])cc2)C1. The molecular weight excluding hydrogens is 376 g/mol. The number of benzene rings is 1. The quantitative estimate of drug-likeness (QED) is 0.550. The molecule has 0 spiro atoms. The van der Waals surface area contributed by atoms with Crippen molar-refractivity contribution in [3.63, 3.8) is 0 Å². The molecule has 1 saturated heterocycles. The van der Waals surface area contributed by atoms with Gasteiger partial charge in [-0.15, -0.1) is 0 Å². The predicted molar refractivity (Wildman–Crippen MR) is 97.3 cm³/mol. The van der Waals surface area contributed by atoms with Crippen LogP contribution in [0.15, 0.2) is 24.3 Å². The molecule has 1 aliphatic rings. The molecule has 1 aromatic carbocycles. The lowest BCUT2D eigenvalue weighted by atomic mass is 10.1. The Morgan fingerprint density at radius 2 is 2.00 bits per heavy atom. The summed E-state index contributed by atoms with van der Waals surface area (Å²) in [5.41, 5.74) is 0.548. The molecule has 0 saturated carbocycles. The highest BCUT2D eigenvalue weighted by Gasteiger charge is 2.37. The van der Waals surface area contributed by atoms with Crippen molar-refractivity contribution in [1.29, 1.82) is 0 Å². The summed E-state index contributed by atoms with van der Waals surface area (Å²) >= 11 is 1.14. The minimum atomic E-state index is -0.947. The molecule has 2 atom stereocenters. The van der Waals surface area contributed by atoms with Crippen LogP contribution in [0, 0.1) is 10.1 Å². The molecule has 1 heterocycles. The number of rotatable bonds is 7. The van der Waals surface area contributed by atoms with E-state index in [1.807, 2.05) is 0 Å². The Kier molecular flexibility index (Phi) is 7.17. The lowest BCUT2D eigenvalue weighted by Gasteiger charge is -2.23. The third-order valence-corrected chi connectivity index (χ3v) is 5.15. The number of thioether (sulfide) groups is 1. The number of ether oxygens (including phenoxy) is 1. The van der Waals surface area contributed by atoms with Gasteiger partial charge in [-0.25, -0.2) is 4.79 Å². The molecule has 10 heteroatoms. The van der Waals surface area contributed by atoms with Gasteiger partial charge in [0, 0.05) is 43.3 Å². The maximum Gasteiger partial charge on any atom is 0.410 e. The smallest absolute Gasteiger partial charge is 0.410 e. The summed E-state index contributed by atoms with van der Waals surface area (Å²) in [5, 5.41) is 19.4. The number of carboxylic acids is 1. The van der Waals surface area contributed by atoms with E-state index in [0.717, 1.165) is 11.8 Å². The number of carbonyl (C=O) groups excluding carboxylic acids is 2. The fraction of sp³-hybridized carbons (Fsp3) is 0.471. The number of hydrogen-bond acceptors (Lipinski definition) is 7. The van der Waals surface area contributed by atoms with Crippen LogP contribution in [0.2, 0.25) is 0 Å². The van der Waals surface area contributed by atoms with E-state index in [-0.39, 0.29) is 41.5 Å². The van der Waals surface area contributed by atoms with E-state index in [1.165, 1.54) is 36.1 Å². The average molecular weight is 396 g/mol. The van der Waals surface area contributed by atoms with E-state index in [1.54, 1.807) is 0 Å².